The van der Waals surface area contributed by atoms with Crippen molar-refractivity contribution in [1.29, 1.82) is 0 Å². The van der Waals surface area contributed by atoms with Crippen LogP contribution in [-0.2, 0) is 4.57 Å². The van der Waals surface area contributed by atoms with Crippen molar-refractivity contribution in [3.8, 4) is 0 Å². The molecule has 0 spiro atoms. The zero-order chi connectivity index (χ0) is 12.1. The highest BCUT2D eigenvalue weighted by molar-refractivity contribution is 7.30. The lowest BCUT2D eigenvalue weighted by Crippen LogP contribution is -1.66. The highest BCUT2D eigenvalue weighted by Crippen LogP contribution is 1.98. The lowest BCUT2D eigenvalue weighted by atomic mass is 10.7. The van der Waals surface area contributed by atoms with Crippen LogP contribution >= 0.6 is 20.7 Å². The van der Waals surface area contributed by atoms with Gasteiger partial charge in [0.15, 0.2) is 0 Å². The second kappa shape index (κ2) is 14.5. The van der Waals surface area contributed by atoms with E-state index >= 15 is 0 Å². The molecule has 0 aliphatic heterocycles. The Morgan fingerprint density at radius 2 is 1.00 bits per heavy atom. The van der Waals surface area contributed by atoms with E-state index in [1.165, 1.54) is 12.7 Å². The maximum absolute atomic E-state index is 8.70. The standard InChI is InChI=1S/2C4H4N2.ClH.HO3P/c2*1-2-5-4-6-3-1;;1-4(2)3/h2*1-4H;1H;(H-,1,2,3)/p+1. The molecule has 17 heavy (non-hydrogen) atoms. The van der Waals surface area contributed by atoms with Gasteiger partial charge in [-0.15, -0.1) is 22.2 Å². The fourth-order valence-corrected chi connectivity index (χ4v) is 0.507. The van der Waals surface area contributed by atoms with Crippen LogP contribution in [0.15, 0.2) is 49.6 Å². The molecule has 2 rings (SSSR count). The van der Waals surface area contributed by atoms with Gasteiger partial charge in [0.25, 0.3) is 0 Å². The first-order valence-corrected chi connectivity index (χ1v) is 5.15. The number of hydrogen-bond donors (Lipinski definition) is 2. The van der Waals surface area contributed by atoms with Crippen molar-refractivity contribution in [2.24, 2.45) is 0 Å². The highest BCUT2D eigenvalue weighted by atomic mass is 35.5. The van der Waals surface area contributed by atoms with Gasteiger partial charge in [0.05, 0.1) is 0 Å². The van der Waals surface area contributed by atoms with Gasteiger partial charge in [-0.1, -0.05) is 0 Å². The molecule has 0 saturated heterocycles. The van der Waals surface area contributed by atoms with E-state index in [4.69, 9.17) is 14.4 Å². The van der Waals surface area contributed by atoms with Gasteiger partial charge in [-0.05, 0) is 12.1 Å². The molecule has 7 nitrogen and oxygen atoms in total. The summed E-state index contributed by atoms with van der Waals surface area (Å²) in [7, 11) is -2.87. The van der Waals surface area contributed by atoms with E-state index < -0.39 is 8.25 Å². The summed E-state index contributed by atoms with van der Waals surface area (Å²) < 4.78 is 8.70. The number of rotatable bonds is 0. The Morgan fingerprint density at radius 3 is 1.06 bits per heavy atom. The Bertz CT molecular complexity index is 279. The van der Waals surface area contributed by atoms with Gasteiger partial charge in [-0.3, -0.25) is 0 Å². The van der Waals surface area contributed by atoms with Crippen molar-refractivity contribution in [2.75, 3.05) is 0 Å². The third kappa shape index (κ3) is 20.5. The third-order valence-electron chi connectivity index (χ3n) is 0.955. The smallest absolute Gasteiger partial charge is 0.245 e. The van der Waals surface area contributed by atoms with Crippen LogP contribution in [0.3, 0.4) is 0 Å². The molecule has 0 bridgehead atoms. The van der Waals surface area contributed by atoms with Crippen LogP contribution in [-0.4, -0.2) is 29.7 Å². The quantitative estimate of drug-likeness (QED) is 0.691. The summed E-state index contributed by atoms with van der Waals surface area (Å²) in [4.78, 5) is 28.9. The number of hydrogen-bond acceptors (Lipinski definition) is 5. The average molecular weight is 278 g/mol. The maximum atomic E-state index is 8.70. The Kier molecular flexibility index (Phi) is 15.2. The number of aromatic nitrogens is 4. The SMILES string of the molecule is Cl.O=[P+](O)O.c1cncnc1.c1cncnc1. The van der Waals surface area contributed by atoms with Crippen LogP contribution in [0.2, 0.25) is 0 Å². The summed E-state index contributed by atoms with van der Waals surface area (Å²) in [6.07, 6.45) is 9.75. The van der Waals surface area contributed by atoms with Gasteiger partial charge >= 0.3 is 8.25 Å². The minimum atomic E-state index is -2.87. The minimum Gasteiger partial charge on any atom is -0.245 e. The van der Waals surface area contributed by atoms with E-state index in [0.717, 1.165) is 0 Å². The van der Waals surface area contributed by atoms with Crippen molar-refractivity contribution in [3.63, 3.8) is 0 Å². The van der Waals surface area contributed by atoms with E-state index in [0.29, 0.717) is 0 Å². The summed E-state index contributed by atoms with van der Waals surface area (Å²) in [5.41, 5.74) is 0. The third-order valence-corrected chi connectivity index (χ3v) is 0.955. The Labute approximate surface area is 105 Å². The first-order chi connectivity index (χ1) is 7.73. The van der Waals surface area contributed by atoms with E-state index in [9.17, 15) is 0 Å². The molecular formula is C8H11ClN4O3P+. The minimum absolute atomic E-state index is 0. The predicted octanol–water partition coefficient (Wildman–Crippen LogP) is 1.00. The van der Waals surface area contributed by atoms with Gasteiger partial charge in [-0.2, -0.15) is 0 Å². The normalized spacial score (nSPS) is 7.18. The van der Waals surface area contributed by atoms with Crippen molar-refractivity contribution >= 4 is 20.7 Å². The van der Waals surface area contributed by atoms with Crippen molar-refractivity contribution in [1.82, 2.24) is 19.9 Å². The molecule has 0 unspecified atom stereocenters. The van der Waals surface area contributed by atoms with Gasteiger partial charge in [0.1, 0.15) is 12.7 Å². The molecule has 2 heterocycles. The van der Waals surface area contributed by atoms with E-state index in [1.54, 1.807) is 36.9 Å². The van der Waals surface area contributed by atoms with E-state index in [1.807, 2.05) is 0 Å². The van der Waals surface area contributed by atoms with E-state index in [-0.39, 0.29) is 12.4 Å². The molecule has 2 aromatic rings. The lowest BCUT2D eigenvalue weighted by Gasteiger charge is -1.70. The summed E-state index contributed by atoms with van der Waals surface area (Å²) in [6, 6.07) is 3.56. The van der Waals surface area contributed by atoms with Gasteiger partial charge in [0.2, 0.25) is 0 Å². The van der Waals surface area contributed by atoms with Crippen LogP contribution in [0.5, 0.6) is 0 Å². The second-order valence-electron chi connectivity index (χ2n) is 2.06. The molecule has 0 radical (unpaired) electrons. The average Bonchev–Trinajstić information content (AvgIpc) is 2.34. The first kappa shape index (κ1) is 17.9. The fraction of sp³-hybridized carbons (Fsp3) is 0. The molecule has 9 heteroatoms. The molecule has 0 aliphatic carbocycles. The first-order valence-electron chi connectivity index (χ1n) is 3.98. The number of halogens is 1. The summed E-state index contributed by atoms with van der Waals surface area (Å²) in [5, 5.41) is 0. The van der Waals surface area contributed by atoms with Gasteiger partial charge in [0, 0.05) is 29.4 Å². The van der Waals surface area contributed by atoms with Gasteiger partial charge in [-0.25, -0.2) is 19.9 Å². The Hall–Kier alpha value is -1.53. The summed E-state index contributed by atoms with van der Waals surface area (Å²) >= 11 is 0. The van der Waals surface area contributed by atoms with Crippen LogP contribution in [0.4, 0.5) is 0 Å². The molecule has 0 atom stereocenters. The highest BCUT2D eigenvalue weighted by Gasteiger charge is 1.93. The molecule has 92 valence electrons. The zero-order valence-electron chi connectivity index (χ0n) is 8.57. The summed E-state index contributed by atoms with van der Waals surface area (Å²) in [5.74, 6) is 0. The predicted molar refractivity (Wildman–Crippen MR) is 63.4 cm³/mol. The lowest BCUT2D eigenvalue weighted by molar-refractivity contribution is 0.405. The Balaban J connectivity index is 0. The van der Waals surface area contributed by atoms with Crippen molar-refractivity contribution < 1.29 is 14.4 Å². The molecule has 0 saturated carbocycles. The second-order valence-corrected chi connectivity index (χ2v) is 2.57. The monoisotopic (exact) mass is 277 g/mol. The molecule has 2 aromatic heterocycles. The van der Waals surface area contributed by atoms with Crippen molar-refractivity contribution in [2.45, 2.75) is 0 Å². The Morgan fingerprint density at radius 1 is 0.765 bits per heavy atom. The van der Waals surface area contributed by atoms with Crippen LogP contribution in [0.25, 0.3) is 0 Å². The summed E-state index contributed by atoms with van der Waals surface area (Å²) in [6.45, 7) is 0. The fourth-order valence-electron chi connectivity index (χ4n) is 0.507. The largest absolute Gasteiger partial charge is 0.692 e. The molecule has 0 aromatic carbocycles. The topological polar surface area (TPSA) is 109 Å². The molecule has 0 amide bonds. The van der Waals surface area contributed by atoms with Gasteiger partial charge < -0.3 is 0 Å². The number of nitrogens with zero attached hydrogens (tertiary/aromatic N) is 4. The zero-order valence-corrected chi connectivity index (χ0v) is 10.3. The van der Waals surface area contributed by atoms with Crippen LogP contribution in [0, 0.1) is 0 Å². The molecular weight excluding hydrogens is 267 g/mol. The molecule has 2 N–H and O–H groups in total. The van der Waals surface area contributed by atoms with Crippen LogP contribution in [0.1, 0.15) is 0 Å². The maximum Gasteiger partial charge on any atom is 0.692 e. The molecule has 0 fully saturated rings. The van der Waals surface area contributed by atoms with E-state index in [2.05, 4.69) is 19.9 Å². The van der Waals surface area contributed by atoms with Crippen LogP contribution < -0.4 is 0 Å². The van der Waals surface area contributed by atoms with Crippen molar-refractivity contribution in [3.05, 3.63) is 49.6 Å². The molecule has 0 aliphatic rings.